The largest absolute Gasteiger partial charge is 0.371 e. The smallest absolute Gasteiger partial charge is 0.323 e. The van der Waals surface area contributed by atoms with Gasteiger partial charge in [0.1, 0.15) is 0 Å². The van der Waals surface area contributed by atoms with Gasteiger partial charge in [-0.2, -0.15) is 5.26 Å². The normalized spacial score (nSPS) is 13.2. The number of amides is 3. The lowest BCUT2D eigenvalue weighted by Gasteiger charge is -2.35. The maximum atomic E-state index is 13.5. The van der Waals surface area contributed by atoms with Crippen LogP contribution in [0.5, 0.6) is 0 Å². The van der Waals surface area contributed by atoms with Crippen LogP contribution >= 0.6 is 0 Å². The van der Waals surface area contributed by atoms with Gasteiger partial charge in [-0.05, 0) is 79.1 Å². The van der Waals surface area contributed by atoms with Crippen LogP contribution in [0, 0.1) is 17.2 Å². The first kappa shape index (κ1) is 28.4. The number of hydrogen-bond donors (Lipinski definition) is 3. The highest BCUT2D eigenvalue weighted by atomic mass is 16.2. The van der Waals surface area contributed by atoms with E-state index in [4.69, 9.17) is 5.26 Å². The van der Waals surface area contributed by atoms with Crippen molar-refractivity contribution in [3.8, 4) is 6.07 Å². The van der Waals surface area contributed by atoms with Crippen LogP contribution in [-0.4, -0.2) is 31.6 Å². The van der Waals surface area contributed by atoms with Crippen molar-refractivity contribution in [3.63, 3.8) is 0 Å². The molecule has 3 N–H and O–H groups in total. The second-order valence-corrected chi connectivity index (χ2v) is 10.6. The fourth-order valence-electron chi connectivity index (χ4n) is 5.42. The van der Waals surface area contributed by atoms with Gasteiger partial charge >= 0.3 is 6.03 Å². The van der Waals surface area contributed by atoms with Gasteiger partial charge in [0.05, 0.1) is 17.2 Å². The van der Waals surface area contributed by atoms with E-state index >= 15 is 0 Å². The molecule has 0 atom stereocenters. The standard InChI is InChI=1S/C35H35N5O2/c36-25-29-12-7-13-30(23-29)38-35(42)39-31-14-15-33(32(24-31)34(41)37-19-16-26-8-3-1-4-9-26)40-20-17-28(18-21-40)22-27-10-5-2-6-11-27/h1-15,23-24,28H,16-22H2,(H,37,41)(H2,38,39,42). The van der Waals surface area contributed by atoms with E-state index in [9.17, 15) is 9.59 Å². The molecule has 212 valence electrons. The Bertz CT molecular complexity index is 1540. The molecular weight excluding hydrogens is 522 g/mol. The van der Waals surface area contributed by atoms with Crippen molar-refractivity contribution in [2.45, 2.75) is 25.7 Å². The molecule has 0 radical (unpaired) electrons. The fraction of sp³-hybridized carbons (Fsp3) is 0.229. The third kappa shape index (κ3) is 7.76. The molecule has 3 amide bonds. The molecule has 1 saturated heterocycles. The van der Waals surface area contributed by atoms with E-state index in [-0.39, 0.29) is 5.91 Å². The van der Waals surface area contributed by atoms with E-state index in [0.29, 0.717) is 35.0 Å². The van der Waals surface area contributed by atoms with Crippen LogP contribution in [0.4, 0.5) is 21.9 Å². The van der Waals surface area contributed by atoms with Crippen LogP contribution in [0.2, 0.25) is 0 Å². The van der Waals surface area contributed by atoms with Crippen LogP contribution in [0.1, 0.15) is 39.9 Å². The van der Waals surface area contributed by atoms with Gasteiger partial charge < -0.3 is 20.9 Å². The number of anilines is 3. The van der Waals surface area contributed by atoms with Crippen molar-refractivity contribution >= 4 is 29.0 Å². The zero-order valence-electron chi connectivity index (χ0n) is 23.6. The molecule has 1 heterocycles. The predicted octanol–water partition coefficient (Wildman–Crippen LogP) is 6.63. The Balaban J connectivity index is 1.28. The first-order valence-corrected chi connectivity index (χ1v) is 14.4. The summed E-state index contributed by atoms with van der Waals surface area (Å²) in [5.74, 6) is 0.439. The molecule has 1 fully saturated rings. The van der Waals surface area contributed by atoms with Gasteiger partial charge in [-0.1, -0.05) is 66.7 Å². The van der Waals surface area contributed by atoms with E-state index in [0.717, 1.165) is 50.0 Å². The zero-order valence-corrected chi connectivity index (χ0v) is 23.6. The number of benzene rings is 4. The molecule has 0 aromatic heterocycles. The van der Waals surface area contributed by atoms with Crippen LogP contribution < -0.4 is 20.9 Å². The second kappa shape index (κ2) is 14.0. The minimum Gasteiger partial charge on any atom is -0.371 e. The van der Waals surface area contributed by atoms with Crippen LogP contribution in [0.3, 0.4) is 0 Å². The van der Waals surface area contributed by atoms with E-state index in [1.54, 1.807) is 30.3 Å². The van der Waals surface area contributed by atoms with E-state index < -0.39 is 6.03 Å². The van der Waals surface area contributed by atoms with E-state index in [2.05, 4.69) is 51.2 Å². The van der Waals surface area contributed by atoms with Crippen molar-refractivity contribution in [2.75, 3.05) is 35.2 Å². The summed E-state index contributed by atoms with van der Waals surface area (Å²) in [6, 6.07) is 34.5. The Labute approximate surface area is 247 Å². The number of piperidine rings is 1. The first-order chi connectivity index (χ1) is 20.6. The Hall–Kier alpha value is -5.09. The van der Waals surface area contributed by atoms with Gasteiger partial charge in [-0.15, -0.1) is 0 Å². The summed E-state index contributed by atoms with van der Waals surface area (Å²) < 4.78 is 0. The zero-order chi connectivity index (χ0) is 29.1. The lowest BCUT2D eigenvalue weighted by Crippen LogP contribution is -2.36. The summed E-state index contributed by atoms with van der Waals surface area (Å²) in [6.07, 6.45) is 3.90. The number of hydrogen-bond acceptors (Lipinski definition) is 4. The quantitative estimate of drug-likeness (QED) is 0.215. The van der Waals surface area contributed by atoms with E-state index in [1.807, 2.05) is 48.5 Å². The topological polar surface area (TPSA) is 97.3 Å². The number of nitrogens with one attached hydrogen (secondary N) is 3. The van der Waals surface area contributed by atoms with Crippen molar-refractivity contribution in [2.24, 2.45) is 5.92 Å². The highest BCUT2D eigenvalue weighted by Gasteiger charge is 2.24. The van der Waals surface area contributed by atoms with Crippen LogP contribution in [0.15, 0.2) is 103 Å². The molecule has 0 bridgehead atoms. The molecule has 5 rings (SSSR count). The van der Waals surface area contributed by atoms with Gasteiger partial charge in [-0.25, -0.2) is 4.79 Å². The maximum Gasteiger partial charge on any atom is 0.323 e. The summed E-state index contributed by atoms with van der Waals surface area (Å²) in [6.45, 7) is 2.24. The highest BCUT2D eigenvalue weighted by molar-refractivity contribution is 6.04. The highest BCUT2D eigenvalue weighted by Crippen LogP contribution is 2.30. The molecule has 1 aliphatic heterocycles. The molecule has 42 heavy (non-hydrogen) atoms. The minimum atomic E-state index is -0.449. The first-order valence-electron chi connectivity index (χ1n) is 14.4. The maximum absolute atomic E-state index is 13.5. The number of carbonyl (C=O) groups is 2. The molecule has 4 aromatic carbocycles. The second-order valence-electron chi connectivity index (χ2n) is 10.6. The average Bonchev–Trinajstić information content (AvgIpc) is 3.02. The van der Waals surface area contributed by atoms with Gasteiger partial charge in [0, 0.05) is 36.7 Å². The summed E-state index contributed by atoms with van der Waals surface area (Å²) in [4.78, 5) is 28.5. The molecular formula is C35H35N5O2. The molecule has 7 nitrogen and oxygen atoms in total. The summed E-state index contributed by atoms with van der Waals surface area (Å²) in [5.41, 5.74) is 5.42. The fourth-order valence-corrected chi connectivity index (χ4v) is 5.42. The summed E-state index contributed by atoms with van der Waals surface area (Å²) in [5, 5.41) is 17.8. The molecule has 7 heteroatoms. The van der Waals surface area contributed by atoms with Crippen LogP contribution in [-0.2, 0) is 12.8 Å². The van der Waals surface area contributed by atoms with Crippen LogP contribution in [0.25, 0.3) is 0 Å². The van der Waals surface area contributed by atoms with Crippen molar-refractivity contribution in [1.82, 2.24) is 5.32 Å². The Morgan fingerprint density at radius 2 is 1.45 bits per heavy atom. The van der Waals surface area contributed by atoms with Gasteiger partial charge in [0.2, 0.25) is 0 Å². The Kier molecular flexibility index (Phi) is 9.48. The van der Waals surface area contributed by atoms with Gasteiger partial charge in [0.25, 0.3) is 5.91 Å². The van der Waals surface area contributed by atoms with Crippen molar-refractivity contribution in [1.29, 1.82) is 5.26 Å². The molecule has 0 unspecified atom stereocenters. The SMILES string of the molecule is N#Cc1cccc(NC(=O)Nc2ccc(N3CCC(Cc4ccccc4)CC3)c(C(=O)NCCc3ccccc3)c2)c1. The molecule has 0 saturated carbocycles. The summed E-state index contributed by atoms with van der Waals surface area (Å²) >= 11 is 0. The molecule has 0 spiro atoms. The Morgan fingerprint density at radius 1 is 0.786 bits per heavy atom. The number of nitriles is 1. The van der Waals surface area contributed by atoms with Gasteiger partial charge in [-0.3, -0.25) is 4.79 Å². The number of nitrogens with zero attached hydrogens (tertiary/aromatic N) is 2. The minimum absolute atomic E-state index is 0.168. The average molecular weight is 558 g/mol. The predicted molar refractivity (Wildman–Crippen MR) is 168 cm³/mol. The number of urea groups is 1. The monoisotopic (exact) mass is 557 g/mol. The lowest BCUT2D eigenvalue weighted by atomic mass is 9.89. The molecule has 1 aliphatic rings. The number of carbonyl (C=O) groups excluding carboxylic acids is 2. The van der Waals surface area contributed by atoms with Crippen molar-refractivity contribution in [3.05, 3.63) is 125 Å². The molecule has 0 aliphatic carbocycles. The lowest BCUT2D eigenvalue weighted by molar-refractivity contribution is 0.0954. The third-order valence-electron chi connectivity index (χ3n) is 7.61. The van der Waals surface area contributed by atoms with Gasteiger partial charge in [0.15, 0.2) is 0 Å². The summed E-state index contributed by atoms with van der Waals surface area (Å²) in [7, 11) is 0. The Morgan fingerprint density at radius 3 is 2.14 bits per heavy atom. The van der Waals surface area contributed by atoms with E-state index in [1.165, 1.54) is 5.56 Å². The van der Waals surface area contributed by atoms with Crippen molar-refractivity contribution < 1.29 is 9.59 Å². The molecule has 4 aromatic rings. The number of rotatable bonds is 9. The third-order valence-corrected chi connectivity index (χ3v) is 7.61.